The van der Waals surface area contributed by atoms with Crippen LogP contribution in [0.2, 0.25) is 5.02 Å². The number of methoxy groups -OCH3 is 1. The quantitative estimate of drug-likeness (QED) is 0.779. The second-order valence-electron chi connectivity index (χ2n) is 5.04. The average Bonchev–Trinajstić information content (AvgIpc) is 3.12. The van der Waals surface area contributed by atoms with Crippen LogP contribution in [0.1, 0.15) is 28.5 Å². The van der Waals surface area contributed by atoms with E-state index in [9.17, 15) is 4.79 Å². The van der Waals surface area contributed by atoms with Crippen LogP contribution in [-0.2, 0) is 11.8 Å². The number of hydrogen-bond donors (Lipinski definition) is 1. The number of anilines is 1. The predicted molar refractivity (Wildman–Crippen MR) is 91.2 cm³/mol. The van der Waals surface area contributed by atoms with Crippen molar-refractivity contribution in [1.29, 1.82) is 0 Å². The molecule has 1 aromatic carbocycles. The highest BCUT2D eigenvalue weighted by Gasteiger charge is 2.18. The molecule has 0 fully saturated rings. The first kappa shape index (κ1) is 15.9. The highest BCUT2D eigenvalue weighted by atomic mass is 35.5. The third-order valence-electron chi connectivity index (χ3n) is 3.60. The Balaban J connectivity index is 1.88. The molecule has 0 aliphatic rings. The lowest BCUT2D eigenvalue weighted by Gasteiger charge is -2.04. The zero-order valence-electron chi connectivity index (χ0n) is 12.8. The molecule has 120 valence electrons. The minimum Gasteiger partial charge on any atom is -0.374 e. The van der Waals surface area contributed by atoms with Crippen LogP contribution in [0.25, 0.3) is 10.9 Å². The number of fused-ring (bicyclic) bond motifs is 1. The number of amides is 1. The summed E-state index contributed by atoms with van der Waals surface area (Å²) in [7, 11) is 3.41. The van der Waals surface area contributed by atoms with Gasteiger partial charge in [0.05, 0.1) is 10.5 Å². The summed E-state index contributed by atoms with van der Waals surface area (Å²) in [6.07, 6.45) is -0.158. The Morgan fingerprint density at radius 2 is 2.22 bits per heavy atom. The van der Waals surface area contributed by atoms with E-state index in [1.165, 1.54) is 11.3 Å². The number of nitrogens with zero attached hydrogens (tertiary/aromatic N) is 3. The van der Waals surface area contributed by atoms with Gasteiger partial charge in [0.25, 0.3) is 5.91 Å². The van der Waals surface area contributed by atoms with Crippen LogP contribution in [0.15, 0.2) is 24.3 Å². The van der Waals surface area contributed by atoms with Crippen molar-refractivity contribution in [3.05, 3.63) is 40.0 Å². The summed E-state index contributed by atoms with van der Waals surface area (Å²) in [4.78, 5) is 12.5. The fourth-order valence-corrected chi connectivity index (χ4v) is 3.37. The maximum atomic E-state index is 12.5. The predicted octanol–water partition coefficient (Wildman–Crippen LogP) is 3.64. The van der Waals surface area contributed by atoms with Gasteiger partial charge in [0.15, 0.2) is 0 Å². The van der Waals surface area contributed by atoms with E-state index in [4.69, 9.17) is 16.3 Å². The van der Waals surface area contributed by atoms with Crippen LogP contribution >= 0.6 is 22.9 Å². The molecule has 8 heteroatoms. The number of carbonyl (C=O) groups excluding carboxylic acids is 1. The van der Waals surface area contributed by atoms with Gasteiger partial charge < -0.3 is 9.30 Å². The van der Waals surface area contributed by atoms with Gasteiger partial charge in [-0.2, -0.15) is 0 Å². The number of hydrogen-bond acceptors (Lipinski definition) is 5. The maximum absolute atomic E-state index is 12.5. The monoisotopic (exact) mass is 350 g/mol. The van der Waals surface area contributed by atoms with Gasteiger partial charge in [-0.05, 0) is 19.1 Å². The van der Waals surface area contributed by atoms with E-state index in [0.29, 0.717) is 20.9 Å². The summed E-state index contributed by atoms with van der Waals surface area (Å²) in [5.41, 5.74) is 1.33. The van der Waals surface area contributed by atoms with Crippen molar-refractivity contribution in [2.75, 3.05) is 12.4 Å². The van der Waals surface area contributed by atoms with E-state index in [-0.39, 0.29) is 12.0 Å². The smallest absolute Gasteiger partial charge is 0.274 e. The Kier molecular flexibility index (Phi) is 4.34. The molecule has 3 rings (SSSR count). The number of para-hydroxylation sites is 1. The largest absolute Gasteiger partial charge is 0.374 e. The van der Waals surface area contributed by atoms with Crippen molar-refractivity contribution in [3.8, 4) is 0 Å². The van der Waals surface area contributed by atoms with Crippen LogP contribution < -0.4 is 5.32 Å². The van der Waals surface area contributed by atoms with Crippen molar-refractivity contribution in [2.24, 2.45) is 7.05 Å². The van der Waals surface area contributed by atoms with Gasteiger partial charge in [-0.3, -0.25) is 10.1 Å². The lowest BCUT2D eigenvalue weighted by atomic mass is 10.2. The van der Waals surface area contributed by atoms with Gasteiger partial charge in [0.1, 0.15) is 16.8 Å². The first-order valence-electron chi connectivity index (χ1n) is 6.92. The SMILES string of the molecule is COC(C)c1nnc(NC(=O)c2cc3cccc(Cl)c3n2C)s1. The Hall–Kier alpha value is -1.96. The zero-order valence-corrected chi connectivity index (χ0v) is 14.4. The van der Waals surface area contributed by atoms with E-state index < -0.39 is 0 Å². The molecule has 0 aliphatic carbocycles. The molecular weight excluding hydrogens is 336 g/mol. The first-order valence-corrected chi connectivity index (χ1v) is 8.12. The van der Waals surface area contributed by atoms with Crippen LogP contribution in [-0.4, -0.2) is 27.8 Å². The van der Waals surface area contributed by atoms with Gasteiger partial charge in [-0.15, -0.1) is 10.2 Å². The van der Waals surface area contributed by atoms with Crippen LogP contribution in [0.5, 0.6) is 0 Å². The Morgan fingerprint density at radius 3 is 2.91 bits per heavy atom. The molecule has 1 atom stereocenters. The van der Waals surface area contributed by atoms with Gasteiger partial charge in [0.2, 0.25) is 5.13 Å². The maximum Gasteiger partial charge on any atom is 0.274 e. The summed E-state index contributed by atoms with van der Waals surface area (Å²) in [6, 6.07) is 7.38. The fraction of sp³-hybridized carbons (Fsp3) is 0.267. The van der Waals surface area contributed by atoms with Gasteiger partial charge in [-0.1, -0.05) is 35.1 Å². The molecule has 6 nitrogen and oxygen atoms in total. The summed E-state index contributed by atoms with van der Waals surface area (Å²) in [5.74, 6) is -0.257. The molecule has 0 radical (unpaired) electrons. The van der Waals surface area contributed by atoms with Crippen LogP contribution in [0.4, 0.5) is 5.13 Å². The molecule has 1 N–H and O–H groups in total. The van der Waals surface area contributed by atoms with Gasteiger partial charge in [0, 0.05) is 19.5 Å². The molecule has 0 saturated carbocycles. The number of halogens is 1. The van der Waals surface area contributed by atoms with Gasteiger partial charge >= 0.3 is 0 Å². The number of nitrogens with one attached hydrogen (secondary N) is 1. The average molecular weight is 351 g/mol. The second-order valence-corrected chi connectivity index (χ2v) is 6.46. The molecule has 2 aromatic heterocycles. The van der Waals surface area contributed by atoms with E-state index in [0.717, 1.165) is 10.9 Å². The van der Waals surface area contributed by atoms with Gasteiger partial charge in [-0.25, -0.2) is 0 Å². The number of carbonyl (C=O) groups is 1. The van der Waals surface area contributed by atoms with Crippen molar-refractivity contribution >= 4 is 44.9 Å². The minimum absolute atomic E-state index is 0.158. The van der Waals surface area contributed by atoms with E-state index in [2.05, 4.69) is 15.5 Å². The zero-order chi connectivity index (χ0) is 16.6. The van der Waals surface area contributed by atoms with Crippen molar-refractivity contribution in [1.82, 2.24) is 14.8 Å². The number of ether oxygens (including phenoxy) is 1. The number of aryl methyl sites for hydroxylation is 1. The number of rotatable bonds is 4. The molecule has 2 heterocycles. The topological polar surface area (TPSA) is 69.0 Å². The number of benzene rings is 1. The fourth-order valence-electron chi connectivity index (χ4n) is 2.30. The first-order chi connectivity index (χ1) is 11.0. The van der Waals surface area contributed by atoms with E-state index >= 15 is 0 Å². The van der Waals surface area contributed by atoms with Crippen LogP contribution in [0.3, 0.4) is 0 Å². The lowest BCUT2D eigenvalue weighted by Crippen LogP contribution is -2.15. The molecule has 3 aromatic rings. The van der Waals surface area contributed by atoms with Crippen molar-refractivity contribution in [2.45, 2.75) is 13.0 Å². The lowest BCUT2D eigenvalue weighted by molar-refractivity contribution is 0.101. The molecule has 1 amide bonds. The summed E-state index contributed by atoms with van der Waals surface area (Å²) in [6.45, 7) is 1.87. The summed E-state index contributed by atoms with van der Waals surface area (Å²) < 4.78 is 6.96. The number of aromatic nitrogens is 3. The minimum atomic E-state index is -0.257. The normalized spacial score (nSPS) is 12.5. The summed E-state index contributed by atoms with van der Waals surface area (Å²) in [5, 5.41) is 13.4. The molecule has 0 spiro atoms. The molecule has 0 aliphatic heterocycles. The molecule has 1 unspecified atom stereocenters. The molecule has 23 heavy (non-hydrogen) atoms. The third-order valence-corrected chi connectivity index (χ3v) is 4.91. The molecule has 0 saturated heterocycles. The Morgan fingerprint density at radius 1 is 1.43 bits per heavy atom. The second kappa shape index (κ2) is 6.27. The Labute approximate surface area is 142 Å². The van der Waals surface area contributed by atoms with Crippen molar-refractivity contribution in [3.63, 3.8) is 0 Å². The summed E-state index contributed by atoms with van der Waals surface area (Å²) >= 11 is 7.50. The molecular formula is C15H15ClN4O2S. The van der Waals surface area contributed by atoms with E-state index in [1.54, 1.807) is 23.8 Å². The van der Waals surface area contributed by atoms with Crippen LogP contribution in [0, 0.1) is 0 Å². The van der Waals surface area contributed by atoms with E-state index in [1.807, 2.05) is 26.1 Å². The Bertz CT molecular complexity index is 874. The van der Waals surface area contributed by atoms with Crippen molar-refractivity contribution < 1.29 is 9.53 Å². The highest BCUT2D eigenvalue weighted by Crippen LogP contribution is 2.27. The third kappa shape index (κ3) is 2.95. The molecule has 0 bridgehead atoms. The highest BCUT2D eigenvalue weighted by molar-refractivity contribution is 7.15. The standard InChI is InChI=1S/C15H15ClN4O2S/c1-8(22-3)14-18-19-15(23-14)17-13(21)11-7-9-5-4-6-10(16)12(9)20(11)2/h4-8H,1-3H3,(H,17,19,21).